The van der Waals surface area contributed by atoms with E-state index >= 15 is 0 Å². The molecule has 31 heavy (non-hydrogen) atoms. The predicted molar refractivity (Wildman–Crippen MR) is 113 cm³/mol. The van der Waals surface area contributed by atoms with Gasteiger partial charge in [-0.3, -0.25) is 9.79 Å². The van der Waals surface area contributed by atoms with Gasteiger partial charge in [0, 0.05) is 54.6 Å². The van der Waals surface area contributed by atoms with E-state index in [1.165, 1.54) is 6.07 Å². The van der Waals surface area contributed by atoms with Crippen LogP contribution in [0.25, 0.3) is 16.6 Å². The number of hydrogen-bond acceptors (Lipinski definition) is 3. The first-order chi connectivity index (χ1) is 15.0. The number of carbonyl (C=O) groups is 1. The first kappa shape index (κ1) is 19.9. The molecular formula is C24H22F2N2O3. The van der Waals surface area contributed by atoms with Crippen molar-refractivity contribution < 1.29 is 23.4 Å². The molecule has 1 aromatic heterocycles. The van der Waals surface area contributed by atoms with Gasteiger partial charge in [0.2, 0.25) is 0 Å². The summed E-state index contributed by atoms with van der Waals surface area (Å²) in [5.74, 6) is -2.53. The summed E-state index contributed by atoms with van der Waals surface area (Å²) in [6.07, 6.45) is 3.78. The van der Waals surface area contributed by atoms with Crippen LogP contribution in [-0.2, 0) is 22.5 Å². The summed E-state index contributed by atoms with van der Waals surface area (Å²) in [4.78, 5) is 15.7. The lowest BCUT2D eigenvalue weighted by Crippen LogP contribution is -2.18. The molecule has 0 spiro atoms. The van der Waals surface area contributed by atoms with E-state index in [9.17, 15) is 18.7 Å². The zero-order chi connectivity index (χ0) is 21.5. The average molecular weight is 424 g/mol. The maximum absolute atomic E-state index is 14.2. The smallest absolute Gasteiger partial charge is 0.303 e. The SMILES string of the molecule is O=C(O)CCc1c(C2CCOCC2)n(-c2ccc(F)c(F)c2)c2cc3c(cc12)CN=C3. The minimum absolute atomic E-state index is 0.000692. The highest BCUT2D eigenvalue weighted by atomic mass is 19.2. The van der Waals surface area contributed by atoms with E-state index in [1.54, 1.807) is 6.07 Å². The quantitative estimate of drug-likeness (QED) is 0.643. The van der Waals surface area contributed by atoms with Crippen LogP contribution in [0, 0.1) is 11.6 Å². The van der Waals surface area contributed by atoms with E-state index in [0.717, 1.165) is 52.2 Å². The number of halogens is 2. The van der Waals surface area contributed by atoms with Gasteiger partial charge in [-0.05, 0) is 60.2 Å². The van der Waals surface area contributed by atoms with Crippen molar-refractivity contribution in [3.63, 3.8) is 0 Å². The number of benzene rings is 2. The summed E-state index contributed by atoms with van der Waals surface area (Å²) >= 11 is 0. The van der Waals surface area contributed by atoms with E-state index in [4.69, 9.17) is 4.74 Å². The molecule has 0 radical (unpaired) electrons. The van der Waals surface area contributed by atoms with E-state index < -0.39 is 17.6 Å². The Morgan fingerprint density at radius 2 is 1.97 bits per heavy atom. The molecule has 0 amide bonds. The summed E-state index contributed by atoms with van der Waals surface area (Å²) < 4.78 is 35.4. The highest BCUT2D eigenvalue weighted by molar-refractivity contribution is 5.96. The van der Waals surface area contributed by atoms with Crippen molar-refractivity contribution in [2.75, 3.05) is 13.2 Å². The lowest BCUT2D eigenvalue weighted by molar-refractivity contribution is -0.136. The lowest BCUT2D eigenvalue weighted by atomic mass is 9.90. The third-order valence-corrected chi connectivity index (χ3v) is 6.22. The second-order valence-electron chi connectivity index (χ2n) is 8.12. The Kier molecular flexibility index (Phi) is 5.06. The van der Waals surface area contributed by atoms with Crippen molar-refractivity contribution in [2.45, 2.75) is 38.1 Å². The number of rotatable bonds is 5. The molecule has 3 aromatic rings. The summed E-state index contributed by atoms with van der Waals surface area (Å²) in [7, 11) is 0. The predicted octanol–water partition coefficient (Wildman–Crippen LogP) is 4.75. The van der Waals surface area contributed by atoms with Gasteiger partial charge in [-0.1, -0.05) is 0 Å². The van der Waals surface area contributed by atoms with Crippen LogP contribution in [0.15, 0.2) is 35.3 Å². The van der Waals surface area contributed by atoms with Crippen LogP contribution in [0.1, 0.15) is 47.6 Å². The van der Waals surface area contributed by atoms with Crippen molar-refractivity contribution in [3.05, 3.63) is 64.4 Å². The molecule has 2 aromatic carbocycles. The molecule has 1 N–H and O–H groups in total. The number of nitrogens with zero attached hydrogens (tertiary/aromatic N) is 2. The van der Waals surface area contributed by atoms with E-state index in [2.05, 4.69) is 11.1 Å². The summed E-state index contributed by atoms with van der Waals surface area (Å²) in [6.45, 7) is 1.82. The number of carboxylic acids is 1. The van der Waals surface area contributed by atoms with Gasteiger partial charge in [-0.25, -0.2) is 8.78 Å². The molecule has 7 heteroatoms. The van der Waals surface area contributed by atoms with Gasteiger partial charge in [0.05, 0.1) is 12.1 Å². The molecular weight excluding hydrogens is 402 g/mol. The molecule has 3 heterocycles. The largest absolute Gasteiger partial charge is 0.481 e. The van der Waals surface area contributed by atoms with Crippen molar-refractivity contribution in [1.82, 2.24) is 4.57 Å². The van der Waals surface area contributed by atoms with Crippen LogP contribution < -0.4 is 0 Å². The summed E-state index contributed by atoms with van der Waals surface area (Å²) in [5.41, 5.74) is 5.42. The Morgan fingerprint density at radius 1 is 1.16 bits per heavy atom. The van der Waals surface area contributed by atoms with Crippen LogP contribution >= 0.6 is 0 Å². The molecule has 2 aliphatic heterocycles. The number of aryl methyl sites for hydroxylation is 1. The topological polar surface area (TPSA) is 63.8 Å². The van der Waals surface area contributed by atoms with Crippen molar-refractivity contribution >= 4 is 23.1 Å². The Balaban J connectivity index is 1.81. The number of aromatic nitrogens is 1. The number of fused-ring (bicyclic) bond motifs is 2. The molecule has 2 aliphatic rings. The molecule has 0 unspecified atom stereocenters. The molecule has 160 valence electrons. The maximum atomic E-state index is 14.2. The number of carboxylic acid groups (broad SMARTS) is 1. The molecule has 1 saturated heterocycles. The molecule has 0 atom stereocenters. The van der Waals surface area contributed by atoms with E-state index in [-0.39, 0.29) is 12.3 Å². The third kappa shape index (κ3) is 3.53. The van der Waals surface area contributed by atoms with Gasteiger partial charge >= 0.3 is 5.97 Å². The van der Waals surface area contributed by atoms with Crippen LogP contribution in [0.5, 0.6) is 0 Å². The zero-order valence-corrected chi connectivity index (χ0v) is 16.9. The number of aliphatic carboxylic acids is 1. The van der Waals surface area contributed by atoms with Gasteiger partial charge in [-0.2, -0.15) is 0 Å². The first-order valence-corrected chi connectivity index (χ1v) is 10.5. The van der Waals surface area contributed by atoms with Crippen LogP contribution in [0.3, 0.4) is 0 Å². The minimum Gasteiger partial charge on any atom is -0.481 e. The second-order valence-corrected chi connectivity index (χ2v) is 8.12. The van der Waals surface area contributed by atoms with Gasteiger partial charge in [-0.15, -0.1) is 0 Å². The molecule has 1 fully saturated rings. The average Bonchev–Trinajstić information content (AvgIpc) is 3.35. The van der Waals surface area contributed by atoms with Gasteiger partial charge < -0.3 is 14.4 Å². The Hall–Kier alpha value is -3.06. The summed E-state index contributed by atoms with van der Waals surface area (Å²) in [5, 5.41) is 10.3. The number of ether oxygens (including phenoxy) is 1. The molecule has 5 rings (SSSR count). The summed E-state index contributed by atoms with van der Waals surface area (Å²) in [6, 6.07) is 8.02. The fourth-order valence-corrected chi connectivity index (χ4v) is 4.78. The third-order valence-electron chi connectivity index (χ3n) is 6.22. The van der Waals surface area contributed by atoms with E-state index in [1.807, 2.05) is 16.8 Å². The van der Waals surface area contributed by atoms with Crippen LogP contribution in [-0.4, -0.2) is 35.1 Å². The standard InChI is InChI=1S/C24H22F2N2O3/c25-20-3-1-17(11-21(20)26)28-22-10-16-13-27-12-15(16)9-19(22)18(2-4-23(29)30)24(28)14-5-7-31-8-6-14/h1,3,9-11,13-14H,2,4-8,12H2,(H,29,30). The van der Waals surface area contributed by atoms with Gasteiger partial charge in [0.15, 0.2) is 11.6 Å². The highest BCUT2D eigenvalue weighted by Crippen LogP contribution is 2.40. The number of hydrogen-bond donors (Lipinski definition) is 1. The Labute approximate surface area is 178 Å². The zero-order valence-electron chi connectivity index (χ0n) is 16.9. The minimum atomic E-state index is -0.910. The lowest BCUT2D eigenvalue weighted by Gasteiger charge is -2.25. The Bertz CT molecular complexity index is 1210. The number of aliphatic imine (C=N–C) groups is 1. The molecule has 0 aliphatic carbocycles. The molecule has 0 bridgehead atoms. The molecule has 5 nitrogen and oxygen atoms in total. The monoisotopic (exact) mass is 424 g/mol. The maximum Gasteiger partial charge on any atom is 0.303 e. The van der Waals surface area contributed by atoms with Crippen molar-refractivity contribution in [2.24, 2.45) is 4.99 Å². The van der Waals surface area contributed by atoms with Crippen molar-refractivity contribution in [3.8, 4) is 5.69 Å². The fourth-order valence-electron chi connectivity index (χ4n) is 4.78. The second kappa shape index (κ2) is 7.89. The molecule has 0 saturated carbocycles. The normalized spacial score (nSPS) is 16.2. The fraction of sp³-hybridized carbons (Fsp3) is 0.333. The van der Waals surface area contributed by atoms with Crippen LogP contribution in [0.2, 0.25) is 0 Å². The van der Waals surface area contributed by atoms with E-state index in [0.29, 0.717) is 31.9 Å². The Morgan fingerprint density at radius 3 is 2.71 bits per heavy atom. The highest BCUT2D eigenvalue weighted by Gasteiger charge is 2.28. The van der Waals surface area contributed by atoms with Gasteiger partial charge in [0.25, 0.3) is 0 Å². The first-order valence-electron chi connectivity index (χ1n) is 10.5. The van der Waals surface area contributed by atoms with Crippen LogP contribution in [0.4, 0.5) is 8.78 Å². The van der Waals surface area contributed by atoms with Gasteiger partial charge in [0.1, 0.15) is 0 Å². The van der Waals surface area contributed by atoms with Crippen molar-refractivity contribution in [1.29, 1.82) is 0 Å².